The summed E-state index contributed by atoms with van der Waals surface area (Å²) < 4.78 is 0. The summed E-state index contributed by atoms with van der Waals surface area (Å²) in [4.78, 5) is 12.7. The highest BCUT2D eigenvalue weighted by atomic mass is 16.4. The second-order valence-electron chi connectivity index (χ2n) is 4.74. The second kappa shape index (κ2) is 7.63. The summed E-state index contributed by atoms with van der Waals surface area (Å²) in [6.07, 6.45) is 5.72. The normalized spacial score (nSPS) is 18.8. The number of carboxylic acid groups (broad SMARTS) is 1. The van der Waals surface area contributed by atoms with Crippen LogP contribution in [-0.2, 0) is 4.79 Å². The van der Waals surface area contributed by atoms with Gasteiger partial charge in [-0.1, -0.05) is 6.42 Å². The van der Waals surface area contributed by atoms with Crippen molar-refractivity contribution in [3.63, 3.8) is 0 Å². The topological polar surface area (TPSA) is 52.6 Å². The second-order valence-corrected chi connectivity index (χ2v) is 4.74. The van der Waals surface area contributed by atoms with Gasteiger partial charge in [-0.25, -0.2) is 0 Å². The summed E-state index contributed by atoms with van der Waals surface area (Å²) in [5.74, 6) is -0.678. The number of nitrogens with one attached hydrogen (secondary N) is 1. The van der Waals surface area contributed by atoms with Crippen LogP contribution in [0.25, 0.3) is 0 Å². The molecule has 0 aromatic rings. The van der Waals surface area contributed by atoms with Gasteiger partial charge >= 0.3 is 5.97 Å². The maximum atomic E-state index is 10.3. The number of unbranched alkanes of at least 4 members (excludes halogenated alkanes) is 2. The lowest BCUT2D eigenvalue weighted by molar-refractivity contribution is -0.137. The van der Waals surface area contributed by atoms with Crippen molar-refractivity contribution in [3.8, 4) is 0 Å². The molecule has 0 amide bonds. The van der Waals surface area contributed by atoms with Crippen LogP contribution in [0, 0.1) is 0 Å². The summed E-state index contributed by atoms with van der Waals surface area (Å²) in [7, 11) is 2.17. The van der Waals surface area contributed by atoms with Gasteiger partial charge in [-0.2, -0.15) is 0 Å². The predicted molar refractivity (Wildman–Crippen MR) is 64.6 cm³/mol. The summed E-state index contributed by atoms with van der Waals surface area (Å²) >= 11 is 0. The first-order valence-corrected chi connectivity index (χ1v) is 6.32. The van der Waals surface area contributed by atoms with Gasteiger partial charge in [0.1, 0.15) is 0 Å². The number of hydrogen-bond acceptors (Lipinski definition) is 3. The summed E-state index contributed by atoms with van der Waals surface area (Å²) in [5.41, 5.74) is 0. The van der Waals surface area contributed by atoms with Gasteiger partial charge in [0.25, 0.3) is 0 Å². The zero-order valence-corrected chi connectivity index (χ0v) is 10.2. The quantitative estimate of drug-likeness (QED) is 0.645. The number of carbonyl (C=O) groups is 1. The highest BCUT2D eigenvalue weighted by Crippen LogP contribution is 2.08. The van der Waals surface area contributed by atoms with Gasteiger partial charge in [0.05, 0.1) is 0 Å². The standard InChI is InChI=1S/C12H24N2O2/c1-14-9-6-11(7-10-14)13-8-4-2-3-5-12(15)16/h11,13H,2-10H2,1H3,(H,15,16). The summed E-state index contributed by atoms with van der Waals surface area (Å²) in [5, 5.41) is 12.0. The molecule has 1 aliphatic rings. The molecular weight excluding hydrogens is 204 g/mol. The van der Waals surface area contributed by atoms with E-state index in [0.717, 1.165) is 25.8 Å². The molecule has 16 heavy (non-hydrogen) atoms. The summed E-state index contributed by atoms with van der Waals surface area (Å²) in [6, 6.07) is 0.677. The van der Waals surface area contributed by atoms with E-state index in [-0.39, 0.29) is 0 Å². The molecule has 0 aliphatic carbocycles. The van der Waals surface area contributed by atoms with Gasteiger partial charge < -0.3 is 15.3 Å². The smallest absolute Gasteiger partial charge is 0.303 e. The molecule has 0 unspecified atom stereocenters. The van der Waals surface area contributed by atoms with Gasteiger partial charge in [0.15, 0.2) is 0 Å². The van der Waals surface area contributed by atoms with Crippen molar-refractivity contribution in [2.24, 2.45) is 0 Å². The van der Waals surface area contributed by atoms with Gasteiger partial charge in [-0.3, -0.25) is 4.79 Å². The van der Waals surface area contributed by atoms with E-state index in [1.165, 1.54) is 25.9 Å². The molecular formula is C12H24N2O2. The van der Waals surface area contributed by atoms with Crippen LogP contribution in [0.2, 0.25) is 0 Å². The van der Waals surface area contributed by atoms with Crippen molar-refractivity contribution < 1.29 is 9.90 Å². The third kappa shape index (κ3) is 6.08. The van der Waals surface area contributed by atoms with Crippen molar-refractivity contribution in [2.75, 3.05) is 26.7 Å². The fourth-order valence-electron chi connectivity index (χ4n) is 2.10. The molecule has 0 bridgehead atoms. The number of likely N-dealkylation sites (tertiary alicyclic amines) is 1. The Morgan fingerprint density at radius 3 is 2.62 bits per heavy atom. The minimum Gasteiger partial charge on any atom is -0.481 e. The minimum atomic E-state index is -0.678. The van der Waals surface area contributed by atoms with Crippen molar-refractivity contribution in [1.29, 1.82) is 0 Å². The van der Waals surface area contributed by atoms with Crippen LogP contribution in [0.4, 0.5) is 0 Å². The van der Waals surface area contributed by atoms with Crippen molar-refractivity contribution >= 4 is 5.97 Å². The molecule has 4 heteroatoms. The van der Waals surface area contributed by atoms with E-state index in [1.807, 2.05) is 0 Å². The van der Waals surface area contributed by atoms with Gasteiger partial charge in [-0.15, -0.1) is 0 Å². The fourth-order valence-corrected chi connectivity index (χ4v) is 2.10. The Labute approximate surface area is 98.0 Å². The number of carboxylic acids is 1. The first-order chi connectivity index (χ1) is 7.68. The first-order valence-electron chi connectivity index (χ1n) is 6.32. The van der Waals surface area contributed by atoms with Crippen LogP contribution in [-0.4, -0.2) is 48.7 Å². The Bertz CT molecular complexity index is 201. The molecule has 1 aliphatic heterocycles. The number of aliphatic carboxylic acids is 1. The van der Waals surface area contributed by atoms with Crippen molar-refractivity contribution in [3.05, 3.63) is 0 Å². The molecule has 0 aromatic heterocycles. The highest BCUT2D eigenvalue weighted by Gasteiger charge is 2.15. The SMILES string of the molecule is CN1CCC(NCCCCCC(=O)O)CC1. The lowest BCUT2D eigenvalue weighted by atomic mass is 10.1. The maximum absolute atomic E-state index is 10.3. The largest absolute Gasteiger partial charge is 0.481 e. The number of hydrogen-bond donors (Lipinski definition) is 2. The van der Waals surface area contributed by atoms with Crippen LogP contribution < -0.4 is 5.32 Å². The summed E-state index contributed by atoms with van der Waals surface area (Å²) in [6.45, 7) is 3.42. The van der Waals surface area contributed by atoms with Crippen LogP contribution in [0.15, 0.2) is 0 Å². The van der Waals surface area contributed by atoms with E-state index in [2.05, 4.69) is 17.3 Å². The van der Waals surface area contributed by atoms with E-state index >= 15 is 0 Å². The van der Waals surface area contributed by atoms with Gasteiger partial charge in [-0.05, 0) is 52.4 Å². The van der Waals surface area contributed by atoms with Crippen LogP contribution in [0.1, 0.15) is 38.5 Å². The van der Waals surface area contributed by atoms with E-state index < -0.39 is 5.97 Å². The van der Waals surface area contributed by atoms with Crippen molar-refractivity contribution in [1.82, 2.24) is 10.2 Å². The minimum absolute atomic E-state index is 0.314. The third-order valence-electron chi connectivity index (χ3n) is 3.22. The third-order valence-corrected chi connectivity index (χ3v) is 3.22. The average Bonchev–Trinajstić information content (AvgIpc) is 2.25. The molecule has 0 aromatic carbocycles. The Kier molecular flexibility index (Phi) is 6.42. The number of piperidine rings is 1. The molecule has 1 saturated heterocycles. The lowest BCUT2D eigenvalue weighted by Crippen LogP contribution is -2.41. The molecule has 0 saturated carbocycles. The van der Waals surface area contributed by atoms with Gasteiger partial charge in [0.2, 0.25) is 0 Å². The lowest BCUT2D eigenvalue weighted by Gasteiger charge is -2.29. The number of rotatable bonds is 7. The van der Waals surface area contributed by atoms with E-state index in [0.29, 0.717) is 12.5 Å². The zero-order valence-electron chi connectivity index (χ0n) is 10.2. The van der Waals surface area contributed by atoms with Crippen molar-refractivity contribution in [2.45, 2.75) is 44.6 Å². The Balaban J connectivity index is 1.89. The van der Waals surface area contributed by atoms with Crippen LogP contribution in [0.3, 0.4) is 0 Å². The zero-order chi connectivity index (χ0) is 11.8. The van der Waals surface area contributed by atoms with Crippen LogP contribution in [0.5, 0.6) is 0 Å². The molecule has 1 heterocycles. The van der Waals surface area contributed by atoms with Crippen LogP contribution >= 0.6 is 0 Å². The fraction of sp³-hybridized carbons (Fsp3) is 0.917. The van der Waals surface area contributed by atoms with Gasteiger partial charge in [0, 0.05) is 12.5 Å². The maximum Gasteiger partial charge on any atom is 0.303 e. The molecule has 1 rings (SSSR count). The monoisotopic (exact) mass is 228 g/mol. The van der Waals surface area contributed by atoms with E-state index in [1.54, 1.807) is 0 Å². The molecule has 1 fully saturated rings. The molecule has 2 N–H and O–H groups in total. The Morgan fingerprint density at radius 1 is 1.31 bits per heavy atom. The molecule has 94 valence electrons. The molecule has 0 atom stereocenters. The molecule has 4 nitrogen and oxygen atoms in total. The molecule has 0 radical (unpaired) electrons. The predicted octanol–water partition coefficient (Wildman–Crippen LogP) is 1.32. The van der Waals surface area contributed by atoms with E-state index in [4.69, 9.17) is 5.11 Å². The Hall–Kier alpha value is -0.610. The highest BCUT2D eigenvalue weighted by molar-refractivity contribution is 5.66. The Morgan fingerprint density at radius 2 is 2.00 bits per heavy atom. The average molecular weight is 228 g/mol. The number of nitrogens with zero attached hydrogens (tertiary/aromatic N) is 1. The van der Waals surface area contributed by atoms with E-state index in [9.17, 15) is 4.79 Å². The first kappa shape index (κ1) is 13.5. The molecule has 0 spiro atoms.